The Hall–Kier alpha value is -0.130. The molecule has 2 N–H and O–H groups in total. The number of aliphatic hydroxyl groups is 1. The van der Waals surface area contributed by atoms with Crippen LogP contribution in [0.3, 0.4) is 0 Å². The summed E-state index contributed by atoms with van der Waals surface area (Å²) in [7, 11) is -2.90. The van der Waals surface area contributed by atoms with Gasteiger partial charge in [-0.25, -0.2) is 8.42 Å². The van der Waals surface area contributed by atoms with Crippen LogP contribution < -0.4 is 5.32 Å². The number of hydrogen-bond donors (Lipinski definition) is 2. The van der Waals surface area contributed by atoms with E-state index in [0.29, 0.717) is 6.54 Å². The van der Waals surface area contributed by atoms with Crippen LogP contribution in [0.4, 0.5) is 0 Å². The predicted octanol–water partition coefficient (Wildman–Crippen LogP) is -0.608. The van der Waals surface area contributed by atoms with Crippen LogP contribution in [0.2, 0.25) is 0 Å². The van der Waals surface area contributed by atoms with Gasteiger partial charge < -0.3 is 10.4 Å². The van der Waals surface area contributed by atoms with Crippen molar-refractivity contribution in [3.8, 4) is 0 Å². The van der Waals surface area contributed by atoms with Gasteiger partial charge in [-0.15, -0.1) is 0 Å². The SMILES string of the molecule is CC(C)(CO)NCCS(C)(=O)=O. The van der Waals surface area contributed by atoms with Crippen LogP contribution in [0, 0.1) is 0 Å². The van der Waals surface area contributed by atoms with Crippen molar-refractivity contribution in [2.45, 2.75) is 19.4 Å². The van der Waals surface area contributed by atoms with E-state index < -0.39 is 15.4 Å². The Labute approximate surface area is 73.9 Å². The lowest BCUT2D eigenvalue weighted by Gasteiger charge is -2.23. The molecule has 12 heavy (non-hydrogen) atoms. The van der Waals surface area contributed by atoms with Crippen molar-refractivity contribution in [3.05, 3.63) is 0 Å². The van der Waals surface area contributed by atoms with Crippen molar-refractivity contribution in [1.29, 1.82) is 0 Å². The van der Waals surface area contributed by atoms with Gasteiger partial charge in [-0.3, -0.25) is 0 Å². The Morgan fingerprint density at radius 1 is 1.42 bits per heavy atom. The molecule has 0 aromatic carbocycles. The summed E-state index contributed by atoms with van der Waals surface area (Å²) in [5, 5.41) is 11.7. The summed E-state index contributed by atoms with van der Waals surface area (Å²) < 4.78 is 21.4. The van der Waals surface area contributed by atoms with Gasteiger partial charge in [0.2, 0.25) is 0 Å². The molecule has 0 saturated carbocycles. The molecule has 0 amide bonds. The van der Waals surface area contributed by atoms with Crippen LogP contribution in [-0.4, -0.2) is 44.2 Å². The second kappa shape index (κ2) is 4.20. The highest BCUT2D eigenvalue weighted by molar-refractivity contribution is 7.90. The van der Waals surface area contributed by atoms with E-state index >= 15 is 0 Å². The van der Waals surface area contributed by atoms with Gasteiger partial charge in [0.1, 0.15) is 9.84 Å². The fraction of sp³-hybridized carbons (Fsp3) is 1.00. The van der Waals surface area contributed by atoms with Crippen molar-refractivity contribution < 1.29 is 13.5 Å². The summed E-state index contributed by atoms with van der Waals surface area (Å²) in [6, 6.07) is 0. The van der Waals surface area contributed by atoms with E-state index in [1.165, 1.54) is 6.26 Å². The first kappa shape index (κ1) is 11.9. The molecular formula is C7H17NO3S. The molecule has 0 rings (SSSR count). The Bertz CT molecular complexity index is 221. The van der Waals surface area contributed by atoms with Gasteiger partial charge in [-0.1, -0.05) is 0 Å². The highest BCUT2D eigenvalue weighted by atomic mass is 32.2. The summed E-state index contributed by atoms with van der Waals surface area (Å²) in [6.07, 6.45) is 1.20. The topological polar surface area (TPSA) is 66.4 Å². The molecule has 0 aliphatic carbocycles. The molecule has 0 aromatic rings. The highest BCUT2D eigenvalue weighted by Crippen LogP contribution is 1.98. The Morgan fingerprint density at radius 3 is 2.25 bits per heavy atom. The lowest BCUT2D eigenvalue weighted by atomic mass is 10.1. The lowest BCUT2D eigenvalue weighted by molar-refractivity contribution is 0.191. The standard InChI is InChI=1S/C7H17NO3S/c1-7(2,6-9)8-4-5-12(3,10)11/h8-9H,4-6H2,1-3H3. The molecule has 74 valence electrons. The van der Waals surface area contributed by atoms with E-state index in [2.05, 4.69) is 5.32 Å². The van der Waals surface area contributed by atoms with E-state index in [1.807, 2.05) is 13.8 Å². The van der Waals surface area contributed by atoms with Gasteiger partial charge in [0.05, 0.1) is 12.4 Å². The molecule has 4 nitrogen and oxygen atoms in total. The Morgan fingerprint density at radius 2 is 1.92 bits per heavy atom. The third-order valence-electron chi connectivity index (χ3n) is 1.47. The average molecular weight is 195 g/mol. The Balaban J connectivity index is 3.72. The van der Waals surface area contributed by atoms with Crippen LogP contribution in [0.1, 0.15) is 13.8 Å². The quantitative estimate of drug-likeness (QED) is 0.614. The summed E-state index contributed by atoms with van der Waals surface area (Å²) in [4.78, 5) is 0. The van der Waals surface area contributed by atoms with Gasteiger partial charge in [0, 0.05) is 18.3 Å². The molecular weight excluding hydrogens is 178 g/mol. The van der Waals surface area contributed by atoms with Gasteiger partial charge in [0.25, 0.3) is 0 Å². The zero-order chi connectivity index (χ0) is 9.83. The summed E-state index contributed by atoms with van der Waals surface area (Å²) in [6.45, 7) is 4.01. The molecule has 0 fully saturated rings. The maximum atomic E-state index is 10.7. The molecule has 0 aliphatic rings. The van der Waals surface area contributed by atoms with Gasteiger partial charge in [-0.05, 0) is 13.8 Å². The number of aliphatic hydroxyl groups excluding tert-OH is 1. The second-order valence-corrected chi connectivity index (χ2v) is 5.86. The lowest BCUT2D eigenvalue weighted by Crippen LogP contribution is -2.44. The molecule has 0 heterocycles. The largest absolute Gasteiger partial charge is 0.394 e. The van der Waals surface area contributed by atoms with Gasteiger partial charge >= 0.3 is 0 Å². The number of rotatable bonds is 5. The van der Waals surface area contributed by atoms with Crippen LogP contribution in [0.25, 0.3) is 0 Å². The normalized spacial score (nSPS) is 13.3. The smallest absolute Gasteiger partial charge is 0.148 e. The van der Waals surface area contributed by atoms with Gasteiger partial charge in [-0.2, -0.15) is 0 Å². The predicted molar refractivity (Wildman–Crippen MR) is 48.9 cm³/mol. The monoisotopic (exact) mass is 195 g/mol. The average Bonchev–Trinajstić information content (AvgIpc) is 1.84. The first-order valence-electron chi connectivity index (χ1n) is 3.80. The molecule has 0 radical (unpaired) electrons. The first-order valence-corrected chi connectivity index (χ1v) is 5.86. The molecule has 0 bridgehead atoms. The van der Waals surface area contributed by atoms with Crippen LogP contribution in [0.5, 0.6) is 0 Å². The fourth-order valence-electron chi connectivity index (χ4n) is 0.631. The minimum absolute atomic E-state index is 0.00321. The molecule has 0 saturated heterocycles. The Kier molecular flexibility index (Phi) is 4.16. The zero-order valence-electron chi connectivity index (χ0n) is 7.79. The summed E-state index contributed by atoms with van der Waals surface area (Å²) in [5.74, 6) is 0.108. The second-order valence-electron chi connectivity index (χ2n) is 3.60. The third kappa shape index (κ3) is 6.57. The van der Waals surface area contributed by atoms with E-state index in [0.717, 1.165) is 0 Å². The van der Waals surface area contributed by atoms with Crippen molar-refractivity contribution >= 4 is 9.84 Å². The number of nitrogens with one attached hydrogen (secondary N) is 1. The highest BCUT2D eigenvalue weighted by Gasteiger charge is 2.15. The van der Waals surface area contributed by atoms with Crippen LogP contribution >= 0.6 is 0 Å². The summed E-state index contributed by atoms with van der Waals surface area (Å²) >= 11 is 0. The summed E-state index contributed by atoms with van der Waals surface area (Å²) in [5.41, 5.74) is -0.398. The minimum Gasteiger partial charge on any atom is -0.394 e. The molecule has 5 heteroatoms. The van der Waals surface area contributed by atoms with E-state index in [-0.39, 0.29) is 12.4 Å². The first-order chi connectivity index (χ1) is 5.27. The fourth-order valence-corrected chi connectivity index (χ4v) is 1.10. The van der Waals surface area contributed by atoms with Crippen LogP contribution in [-0.2, 0) is 9.84 Å². The van der Waals surface area contributed by atoms with Crippen molar-refractivity contribution in [2.24, 2.45) is 0 Å². The van der Waals surface area contributed by atoms with Crippen LogP contribution in [0.15, 0.2) is 0 Å². The van der Waals surface area contributed by atoms with Crippen molar-refractivity contribution in [3.63, 3.8) is 0 Å². The minimum atomic E-state index is -2.90. The number of sulfone groups is 1. The van der Waals surface area contributed by atoms with Gasteiger partial charge in [0.15, 0.2) is 0 Å². The van der Waals surface area contributed by atoms with E-state index in [9.17, 15) is 8.42 Å². The maximum Gasteiger partial charge on any atom is 0.148 e. The molecule has 0 aliphatic heterocycles. The van der Waals surface area contributed by atoms with Crippen molar-refractivity contribution in [2.75, 3.05) is 25.2 Å². The number of hydrogen-bond acceptors (Lipinski definition) is 4. The zero-order valence-corrected chi connectivity index (χ0v) is 8.61. The van der Waals surface area contributed by atoms with Crippen molar-refractivity contribution in [1.82, 2.24) is 5.32 Å². The molecule has 0 aromatic heterocycles. The molecule has 0 spiro atoms. The maximum absolute atomic E-state index is 10.7. The molecule has 0 unspecified atom stereocenters. The third-order valence-corrected chi connectivity index (χ3v) is 2.42. The van der Waals surface area contributed by atoms with E-state index in [1.54, 1.807) is 0 Å². The van der Waals surface area contributed by atoms with E-state index in [4.69, 9.17) is 5.11 Å². The molecule has 0 atom stereocenters.